The number of ether oxygens (including phenoxy) is 1. The van der Waals surface area contributed by atoms with Crippen molar-refractivity contribution in [3.63, 3.8) is 0 Å². The van der Waals surface area contributed by atoms with Crippen LogP contribution in [0.5, 0.6) is 0 Å². The van der Waals surface area contributed by atoms with Gasteiger partial charge < -0.3 is 9.84 Å². The van der Waals surface area contributed by atoms with Gasteiger partial charge in [-0.3, -0.25) is 0 Å². The minimum atomic E-state index is -4.18. The minimum absolute atomic E-state index is 0.0319. The number of aliphatic hydroxyl groups is 1. The third kappa shape index (κ3) is 3.61. The summed E-state index contributed by atoms with van der Waals surface area (Å²) in [6, 6.07) is 0. The van der Waals surface area contributed by atoms with E-state index in [0.29, 0.717) is 0 Å². The van der Waals surface area contributed by atoms with E-state index in [9.17, 15) is 23.1 Å². The van der Waals surface area contributed by atoms with Gasteiger partial charge in [0.25, 0.3) is 0 Å². The van der Waals surface area contributed by atoms with Crippen LogP contribution in [0.25, 0.3) is 0 Å². The summed E-state index contributed by atoms with van der Waals surface area (Å²) in [5.41, 5.74) is -1.65. The fourth-order valence-corrected chi connectivity index (χ4v) is 2.75. The Balaban J connectivity index is 2.69. The molecule has 1 atom stereocenters. The summed E-state index contributed by atoms with van der Waals surface area (Å²) < 4.78 is 42.6. The second kappa shape index (κ2) is 6.11. The lowest BCUT2D eigenvalue weighted by Gasteiger charge is -2.38. The van der Waals surface area contributed by atoms with Gasteiger partial charge in [-0.2, -0.15) is 13.2 Å². The maximum atomic E-state index is 12.6. The van der Waals surface area contributed by atoms with E-state index in [0.717, 1.165) is 0 Å². The Morgan fingerprint density at radius 3 is 2.00 bits per heavy atom. The quantitative estimate of drug-likeness (QED) is 0.806. The van der Waals surface area contributed by atoms with Gasteiger partial charge in [-0.15, -0.1) is 0 Å². The first-order chi connectivity index (χ1) is 8.75. The van der Waals surface area contributed by atoms with Gasteiger partial charge in [0.15, 0.2) is 5.60 Å². The zero-order chi connectivity index (χ0) is 14.7. The third-order valence-electron chi connectivity index (χ3n) is 4.03. The Kier molecular flexibility index (Phi) is 5.24. The molecule has 19 heavy (non-hydrogen) atoms. The summed E-state index contributed by atoms with van der Waals surface area (Å²) in [7, 11) is 0. The van der Waals surface area contributed by atoms with Crippen molar-refractivity contribution in [2.24, 2.45) is 11.8 Å². The Morgan fingerprint density at radius 2 is 1.63 bits per heavy atom. The summed E-state index contributed by atoms with van der Waals surface area (Å²) in [4.78, 5) is 11.8. The van der Waals surface area contributed by atoms with E-state index in [-0.39, 0.29) is 38.7 Å². The van der Waals surface area contributed by atoms with E-state index >= 15 is 0 Å². The maximum Gasteiger partial charge on any atom is 0.391 e. The van der Waals surface area contributed by atoms with Crippen molar-refractivity contribution >= 4 is 5.97 Å². The van der Waals surface area contributed by atoms with Gasteiger partial charge in [0.1, 0.15) is 0 Å². The lowest BCUT2D eigenvalue weighted by molar-refractivity contribution is -0.194. The van der Waals surface area contributed by atoms with Gasteiger partial charge in [-0.25, -0.2) is 4.79 Å². The average molecular weight is 282 g/mol. The molecular weight excluding hydrogens is 261 g/mol. The van der Waals surface area contributed by atoms with Gasteiger partial charge in [0, 0.05) is 0 Å². The lowest BCUT2D eigenvalue weighted by atomic mass is 9.72. The van der Waals surface area contributed by atoms with Crippen LogP contribution in [0, 0.1) is 11.8 Å². The zero-order valence-corrected chi connectivity index (χ0v) is 11.3. The predicted octanol–water partition coefficient (Wildman–Crippen LogP) is 3.06. The molecule has 6 heteroatoms. The molecule has 0 saturated heterocycles. The number of hydrogen-bond donors (Lipinski definition) is 1. The van der Waals surface area contributed by atoms with Crippen LogP contribution >= 0.6 is 0 Å². The largest absolute Gasteiger partial charge is 0.464 e. The highest BCUT2D eigenvalue weighted by Gasteiger charge is 2.49. The number of carbonyl (C=O) groups excluding carboxylic acids is 1. The Bertz CT molecular complexity index is 309. The fraction of sp³-hybridized carbons (Fsp3) is 0.923. The summed E-state index contributed by atoms with van der Waals surface area (Å²) in [5, 5.41) is 10.4. The smallest absolute Gasteiger partial charge is 0.391 e. The van der Waals surface area contributed by atoms with E-state index in [2.05, 4.69) is 0 Å². The van der Waals surface area contributed by atoms with Crippen LogP contribution in [0.1, 0.15) is 46.0 Å². The predicted molar refractivity (Wildman–Crippen MR) is 63.4 cm³/mol. The van der Waals surface area contributed by atoms with Crippen LogP contribution < -0.4 is 0 Å². The molecule has 112 valence electrons. The minimum Gasteiger partial charge on any atom is -0.464 e. The van der Waals surface area contributed by atoms with Gasteiger partial charge in [0.05, 0.1) is 12.5 Å². The van der Waals surface area contributed by atoms with Crippen molar-refractivity contribution in [3.8, 4) is 0 Å². The normalized spacial score (nSPS) is 27.7. The molecule has 0 aromatic carbocycles. The zero-order valence-electron chi connectivity index (χ0n) is 11.3. The number of rotatable bonds is 4. The standard InChI is InChI=1S/C13H21F3O3/c1-3-12(18,11(17)19-4-2)9-5-7-10(8-6-9)13(14,15)16/h9-10,18H,3-8H2,1-2H3. The van der Waals surface area contributed by atoms with Crippen molar-refractivity contribution in [3.05, 3.63) is 0 Å². The molecule has 0 aromatic heterocycles. The van der Waals surface area contributed by atoms with Crippen LogP contribution in [0.3, 0.4) is 0 Å². The summed E-state index contributed by atoms with van der Waals surface area (Å²) in [6.07, 6.45) is -3.68. The van der Waals surface area contributed by atoms with Crippen molar-refractivity contribution in [1.29, 1.82) is 0 Å². The van der Waals surface area contributed by atoms with Crippen molar-refractivity contribution in [1.82, 2.24) is 0 Å². The molecule has 0 aliphatic heterocycles. The molecule has 0 bridgehead atoms. The average Bonchev–Trinajstić information content (AvgIpc) is 2.37. The second-order valence-electron chi connectivity index (χ2n) is 5.09. The molecular formula is C13H21F3O3. The van der Waals surface area contributed by atoms with Crippen LogP contribution in [-0.2, 0) is 9.53 Å². The molecule has 0 spiro atoms. The highest BCUT2D eigenvalue weighted by molar-refractivity contribution is 5.79. The van der Waals surface area contributed by atoms with Crippen molar-refractivity contribution in [2.75, 3.05) is 6.61 Å². The Morgan fingerprint density at radius 1 is 1.16 bits per heavy atom. The molecule has 0 radical (unpaired) electrons. The molecule has 1 rings (SSSR count). The van der Waals surface area contributed by atoms with Gasteiger partial charge >= 0.3 is 12.1 Å². The molecule has 1 aliphatic carbocycles. The van der Waals surface area contributed by atoms with E-state index in [1.165, 1.54) is 0 Å². The molecule has 1 saturated carbocycles. The number of hydrogen-bond acceptors (Lipinski definition) is 3. The van der Waals surface area contributed by atoms with E-state index in [1.807, 2.05) is 0 Å². The van der Waals surface area contributed by atoms with E-state index in [1.54, 1.807) is 13.8 Å². The number of carbonyl (C=O) groups is 1. The maximum absolute atomic E-state index is 12.6. The topological polar surface area (TPSA) is 46.5 Å². The van der Waals surface area contributed by atoms with Gasteiger partial charge in [0.2, 0.25) is 0 Å². The first-order valence-corrected chi connectivity index (χ1v) is 6.72. The highest BCUT2D eigenvalue weighted by atomic mass is 19.4. The molecule has 0 amide bonds. The Labute approximate surface area is 111 Å². The number of alkyl halides is 3. The van der Waals surface area contributed by atoms with Crippen LogP contribution in [0.15, 0.2) is 0 Å². The van der Waals surface area contributed by atoms with Crippen LogP contribution in [-0.4, -0.2) is 29.5 Å². The number of esters is 1. The number of halogens is 3. The molecule has 3 nitrogen and oxygen atoms in total. The van der Waals surface area contributed by atoms with Gasteiger partial charge in [-0.05, 0) is 44.9 Å². The summed E-state index contributed by atoms with van der Waals surface area (Å²) in [5.74, 6) is -2.48. The molecule has 1 aliphatic rings. The SMILES string of the molecule is CCOC(=O)C(O)(CC)C1CCC(C(F)(F)F)CC1. The van der Waals surface area contributed by atoms with E-state index < -0.39 is 29.6 Å². The van der Waals surface area contributed by atoms with Crippen LogP contribution in [0.4, 0.5) is 13.2 Å². The third-order valence-corrected chi connectivity index (χ3v) is 4.03. The van der Waals surface area contributed by atoms with Crippen molar-refractivity contribution in [2.45, 2.75) is 57.7 Å². The molecule has 1 N–H and O–H groups in total. The monoisotopic (exact) mass is 282 g/mol. The van der Waals surface area contributed by atoms with Crippen molar-refractivity contribution < 1.29 is 27.8 Å². The van der Waals surface area contributed by atoms with E-state index in [4.69, 9.17) is 4.74 Å². The van der Waals surface area contributed by atoms with Crippen LogP contribution in [0.2, 0.25) is 0 Å². The molecule has 1 unspecified atom stereocenters. The second-order valence-corrected chi connectivity index (χ2v) is 5.09. The first-order valence-electron chi connectivity index (χ1n) is 6.72. The summed E-state index contributed by atoms with van der Waals surface area (Å²) >= 11 is 0. The summed E-state index contributed by atoms with van der Waals surface area (Å²) in [6.45, 7) is 3.43. The highest BCUT2D eigenvalue weighted by Crippen LogP contribution is 2.43. The first kappa shape index (κ1) is 16.3. The lowest BCUT2D eigenvalue weighted by Crippen LogP contribution is -2.48. The van der Waals surface area contributed by atoms with Gasteiger partial charge in [-0.1, -0.05) is 6.92 Å². The fourth-order valence-electron chi connectivity index (χ4n) is 2.75. The Hall–Kier alpha value is -0.780. The molecule has 0 heterocycles. The molecule has 1 fully saturated rings. The molecule has 0 aromatic rings.